The Morgan fingerprint density at radius 2 is 1.61 bits per heavy atom. The van der Waals surface area contributed by atoms with Gasteiger partial charge >= 0.3 is 0 Å². The first-order chi connectivity index (χ1) is 8.20. The first-order valence-corrected chi connectivity index (χ1v) is 11.2. The number of hydrogen-bond acceptors (Lipinski definition) is 2. The molecular weight excluding hydrogens is 454 g/mol. The van der Waals surface area contributed by atoms with Gasteiger partial charge in [0.05, 0.1) is 7.11 Å². The van der Waals surface area contributed by atoms with Gasteiger partial charge in [-0.15, -0.1) is 0 Å². The number of hydrogen-bond donors (Lipinski definition) is 0. The Morgan fingerprint density at radius 3 is 2.17 bits per heavy atom. The third-order valence-corrected chi connectivity index (χ3v) is 2.45. The van der Waals surface area contributed by atoms with Gasteiger partial charge in [0.15, 0.2) is 5.78 Å². The summed E-state index contributed by atoms with van der Waals surface area (Å²) in [6, 6.07) is 11.5. The van der Waals surface area contributed by atoms with Crippen LogP contribution in [0.1, 0.15) is 24.7 Å². The van der Waals surface area contributed by atoms with Gasteiger partial charge in [0.2, 0.25) is 0 Å². The van der Waals surface area contributed by atoms with Crippen LogP contribution in [0.2, 0.25) is 0 Å². The molecule has 0 saturated carbocycles. The summed E-state index contributed by atoms with van der Waals surface area (Å²) in [5.74, 6) is 0.922. The van der Waals surface area contributed by atoms with Gasteiger partial charge in [-0.25, -0.2) is 0 Å². The Labute approximate surface area is 131 Å². The molecule has 0 heterocycles. The van der Waals surface area contributed by atoms with Crippen molar-refractivity contribution in [2.24, 2.45) is 0 Å². The average molecular weight is 470 g/mol. The fraction of sp³-hybridized carbons (Fsp3) is 0.214. The van der Waals surface area contributed by atoms with Crippen LogP contribution in [-0.4, -0.2) is 12.9 Å². The molecule has 0 amide bonds. The molecule has 0 spiro atoms. The fourth-order valence-corrected chi connectivity index (χ4v) is 1.57. The van der Waals surface area contributed by atoms with E-state index in [9.17, 15) is 4.79 Å². The van der Waals surface area contributed by atoms with Crippen LogP contribution in [-0.2, 0) is 0 Å². The molecule has 98 valence electrons. The zero-order chi connectivity index (χ0) is 12.8. The van der Waals surface area contributed by atoms with Gasteiger partial charge in [-0.3, -0.25) is 4.79 Å². The quantitative estimate of drug-likeness (QED) is 0.431. The summed E-state index contributed by atoms with van der Waals surface area (Å²) in [5, 5.41) is 2.14. The maximum absolute atomic E-state index is 11.2. The number of Topliss-reactive ketones (excluding diaryl/α,β-unsaturated/α-hetero) is 1. The number of carbonyl (C=O) groups excluding carboxylic acids is 1. The summed E-state index contributed by atoms with van der Waals surface area (Å²) in [7, 11) is 1.64. The van der Waals surface area contributed by atoms with Gasteiger partial charge in [0.25, 0.3) is 0 Å². The zero-order valence-corrected chi connectivity index (χ0v) is 13.9. The molecule has 0 bridgehead atoms. The molecule has 2 aromatic carbocycles. The fourth-order valence-electron chi connectivity index (χ4n) is 1.57. The minimum atomic E-state index is 0. The third kappa shape index (κ3) is 4.38. The highest BCUT2D eigenvalue weighted by molar-refractivity contribution is 15.0. The normalized spacial score (nSPS) is 8.89. The van der Waals surface area contributed by atoms with Crippen LogP contribution >= 0.6 is 37.2 Å². The molecule has 2 nitrogen and oxygen atoms in total. The second-order valence-corrected chi connectivity index (χ2v) is 3.48. The lowest BCUT2D eigenvalue weighted by Gasteiger charge is -2.03. The summed E-state index contributed by atoms with van der Waals surface area (Å²) >= 11 is 4.24. The first kappa shape index (κ1) is 17.6. The van der Waals surface area contributed by atoms with Crippen molar-refractivity contribution in [1.82, 2.24) is 0 Å². The molecule has 0 atom stereocenters. The summed E-state index contributed by atoms with van der Waals surface area (Å²) < 4.78 is 5.13. The number of methoxy groups -OCH3 is 1. The van der Waals surface area contributed by atoms with E-state index >= 15 is 0 Å². The average Bonchev–Trinajstić information content (AvgIpc) is 2.39. The minimum Gasteiger partial charge on any atom is -0.497 e. The van der Waals surface area contributed by atoms with E-state index in [-0.39, 0.29) is 13.2 Å². The van der Waals surface area contributed by atoms with E-state index in [4.69, 9.17) is 4.74 Å². The van der Waals surface area contributed by atoms with Crippen LogP contribution in [0.4, 0.5) is 0 Å². The highest BCUT2D eigenvalue weighted by Gasteiger charge is 2.01. The molecule has 2 rings (SSSR count). The summed E-state index contributed by atoms with van der Waals surface area (Å²) in [6.07, 6.45) is 0. The lowest BCUT2D eigenvalue weighted by Crippen LogP contribution is -1.91. The second-order valence-electron chi connectivity index (χ2n) is 3.48. The van der Waals surface area contributed by atoms with Crippen LogP contribution in [0.15, 0.2) is 36.4 Å². The van der Waals surface area contributed by atoms with Crippen molar-refractivity contribution in [1.29, 1.82) is 0 Å². The van der Waals surface area contributed by atoms with Crippen LogP contribution in [0, 0.1) is 0 Å². The van der Waals surface area contributed by atoms with Gasteiger partial charge in [-0.2, -0.15) is 0 Å². The Morgan fingerprint density at radius 1 is 1.06 bits per heavy atom. The Bertz CT molecular complexity index is 524. The van der Waals surface area contributed by atoms with Crippen LogP contribution in [0.5, 0.6) is 5.75 Å². The first-order valence-electron chi connectivity index (χ1n) is 4.94. The van der Waals surface area contributed by atoms with E-state index in [1.54, 1.807) is 14.0 Å². The van der Waals surface area contributed by atoms with Crippen molar-refractivity contribution in [2.75, 3.05) is 7.11 Å². The Hall–Kier alpha value is -0.370. The summed E-state index contributed by atoms with van der Waals surface area (Å²) in [4.78, 5) is 11.2. The highest BCUT2D eigenvalue weighted by atomic mass is 128. The second kappa shape index (κ2) is 8.68. The molecule has 0 radical (unpaired) electrons. The Balaban J connectivity index is 0.000000917. The number of carbonyl (C=O) groups is 1. The number of halogens is 2. The molecule has 0 aliphatic rings. The van der Waals surface area contributed by atoms with Gasteiger partial charge in [0.1, 0.15) is 5.75 Å². The lowest BCUT2D eigenvalue weighted by atomic mass is 10.0. The van der Waals surface area contributed by atoms with E-state index in [0.717, 1.165) is 22.1 Å². The van der Waals surface area contributed by atoms with Gasteiger partial charge in [-0.1, -0.05) is 25.6 Å². The molecule has 18 heavy (non-hydrogen) atoms. The maximum Gasteiger partial charge on any atom is 0.159 e. The number of ether oxygens (including phenoxy) is 1. The number of fused-ring (bicyclic) bond motifs is 1. The molecule has 2 aromatic rings. The smallest absolute Gasteiger partial charge is 0.159 e. The Kier molecular flexibility index (Phi) is 8.51. The van der Waals surface area contributed by atoms with Crippen LogP contribution in [0.3, 0.4) is 0 Å². The number of ketones is 1. The minimum absolute atomic E-state index is 0. The van der Waals surface area contributed by atoms with Crippen molar-refractivity contribution in [3.63, 3.8) is 0 Å². The summed E-state index contributed by atoms with van der Waals surface area (Å²) in [6.45, 7) is 1.57. The molecule has 0 unspecified atom stereocenters. The summed E-state index contributed by atoms with van der Waals surface area (Å²) in [5.41, 5.74) is 0.743. The predicted octanol–water partition coefficient (Wildman–Crippen LogP) is 5.46. The van der Waals surface area contributed by atoms with Crippen molar-refractivity contribution in [2.45, 2.75) is 14.4 Å². The number of rotatable bonds is 2. The molecule has 0 fully saturated rings. The van der Waals surface area contributed by atoms with Crippen LogP contribution < -0.4 is 4.74 Å². The van der Waals surface area contributed by atoms with E-state index in [1.165, 1.54) is 0 Å². The zero-order valence-electron chi connectivity index (χ0n) is 9.54. The molecule has 0 aliphatic heterocycles. The monoisotopic (exact) mass is 470 g/mol. The third-order valence-electron chi connectivity index (χ3n) is 2.45. The van der Waals surface area contributed by atoms with Gasteiger partial charge in [0, 0.05) is 42.8 Å². The van der Waals surface area contributed by atoms with E-state index in [2.05, 4.69) is 37.2 Å². The number of benzene rings is 2. The SMILES string of the molecule is C.COc1ccc2cc(C(C)=O)ccc2c1.II. The molecular formula is C14H16I2O2. The standard InChI is InChI=1S/C13H12O2.CH4.I2/c1-9(14)10-3-4-12-8-13(15-2)6-5-11(12)7-10;;1-2/h3-8H,1-2H3;1H4;. The topological polar surface area (TPSA) is 26.3 Å². The largest absolute Gasteiger partial charge is 0.497 e. The lowest BCUT2D eigenvalue weighted by molar-refractivity contribution is 0.101. The molecule has 0 saturated heterocycles. The van der Waals surface area contributed by atoms with E-state index in [0.29, 0.717) is 0 Å². The van der Waals surface area contributed by atoms with Crippen molar-refractivity contribution in [3.8, 4) is 5.75 Å². The predicted molar refractivity (Wildman–Crippen MR) is 95.3 cm³/mol. The van der Waals surface area contributed by atoms with Crippen molar-refractivity contribution >= 4 is 53.8 Å². The highest BCUT2D eigenvalue weighted by Crippen LogP contribution is 2.21. The van der Waals surface area contributed by atoms with E-state index in [1.807, 2.05) is 36.4 Å². The van der Waals surface area contributed by atoms with Gasteiger partial charge < -0.3 is 4.74 Å². The van der Waals surface area contributed by atoms with Crippen molar-refractivity contribution < 1.29 is 9.53 Å². The van der Waals surface area contributed by atoms with Crippen LogP contribution in [0.25, 0.3) is 10.8 Å². The maximum atomic E-state index is 11.2. The van der Waals surface area contributed by atoms with Gasteiger partial charge in [-0.05, 0) is 35.9 Å². The molecule has 4 heteroatoms. The molecule has 0 aromatic heterocycles. The molecule has 0 aliphatic carbocycles. The van der Waals surface area contributed by atoms with E-state index < -0.39 is 0 Å². The molecule has 0 N–H and O–H groups in total. The van der Waals surface area contributed by atoms with Crippen molar-refractivity contribution in [3.05, 3.63) is 42.0 Å².